The Morgan fingerprint density at radius 2 is 0.567 bits per heavy atom. The minimum Gasteiger partial charge on any atom is -0.0616 e. The fourth-order valence-electron chi connectivity index (χ4n) is 9.63. The second-order valence-corrected chi connectivity index (χ2v) is 16.1. The summed E-state index contributed by atoms with van der Waals surface area (Å²) in [7, 11) is 0. The van der Waals surface area contributed by atoms with Gasteiger partial charge in [0.05, 0.1) is 0 Å². The van der Waals surface area contributed by atoms with Crippen LogP contribution in [0.4, 0.5) is 0 Å². The van der Waals surface area contributed by atoms with Gasteiger partial charge in [0.25, 0.3) is 0 Å². The van der Waals surface area contributed by atoms with E-state index in [0.717, 1.165) is 0 Å². The van der Waals surface area contributed by atoms with Crippen LogP contribution in [0, 0.1) is 0 Å². The van der Waals surface area contributed by atoms with Crippen LogP contribution in [0.2, 0.25) is 0 Å². The van der Waals surface area contributed by atoms with Crippen molar-refractivity contribution >= 4 is 64.6 Å². The van der Waals surface area contributed by atoms with Gasteiger partial charge in [-0.25, -0.2) is 0 Å². The van der Waals surface area contributed by atoms with Crippen LogP contribution in [0.15, 0.2) is 231 Å². The van der Waals surface area contributed by atoms with Gasteiger partial charge in [0.2, 0.25) is 0 Å². The van der Waals surface area contributed by atoms with Gasteiger partial charge in [-0.2, -0.15) is 0 Å². The van der Waals surface area contributed by atoms with Crippen molar-refractivity contribution < 1.29 is 0 Å². The first-order chi connectivity index (χ1) is 29.7. The highest BCUT2D eigenvalue weighted by Gasteiger charge is 2.20. The third-order valence-corrected chi connectivity index (χ3v) is 12.6. The van der Waals surface area contributed by atoms with E-state index in [1.165, 1.54) is 120 Å². The SMILES string of the molecule is c1ccc2cc(-c3cc(-c4ccc5ccccc5c4)cc(-c4c5ccccc5c(-c5ccc6ccccc6c5)c5ccc(-c6cccc7ccccc67)cc45)c3)ccc2c1. The fraction of sp³-hybridized carbons (Fsp3) is 0. The van der Waals surface area contributed by atoms with Gasteiger partial charge in [0.1, 0.15) is 0 Å². The molecule has 0 bridgehead atoms. The number of fused-ring (bicyclic) bond motifs is 6. The molecule has 0 aliphatic carbocycles. The smallest absolute Gasteiger partial charge is 0.00257 e. The maximum Gasteiger partial charge on any atom is -0.00257 e. The van der Waals surface area contributed by atoms with Gasteiger partial charge < -0.3 is 0 Å². The molecule has 12 aromatic carbocycles. The molecule has 12 rings (SSSR count). The van der Waals surface area contributed by atoms with E-state index in [0.29, 0.717) is 0 Å². The molecule has 0 aliphatic rings. The zero-order valence-electron chi connectivity index (χ0n) is 32.9. The Balaban J connectivity index is 1.19. The fourth-order valence-corrected chi connectivity index (χ4v) is 9.63. The van der Waals surface area contributed by atoms with Crippen LogP contribution < -0.4 is 0 Å². The predicted molar refractivity (Wildman–Crippen MR) is 259 cm³/mol. The summed E-state index contributed by atoms with van der Waals surface area (Å²) in [6.45, 7) is 0. The van der Waals surface area contributed by atoms with E-state index in [4.69, 9.17) is 0 Å². The summed E-state index contributed by atoms with van der Waals surface area (Å²) in [6.07, 6.45) is 0. The highest BCUT2D eigenvalue weighted by Crippen LogP contribution is 2.47. The van der Waals surface area contributed by atoms with E-state index >= 15 is 0 Å². The normalized spacial score (nSPS) is 11.7. The third kappa shape index (κ3) is 5.76. The van der Waals surface area contributed by atoms with E-state index in [2.05, 4.69) is 231 Å². The number of hydrogen-bond donors (Lipinski definition) is 0. The van der Waals surface area contributed by atoms with Crippen molar-refractivity contribution in [1.29, 1.82) is 0 Å². The quantitative estimate of drug-likeness (QED) is 0.153. The van der Waals surface area contributed by atoms with Crippen LogP contribution in [-0.4, -0.2) is 0 Å². The first-order valence-electron chi connectivity index (χ1n) is 20.8. The van der Waals surface area contributed by atoms with Crippen molar-refractivity contribution in [3.63, 3.8) is 0 Å². The molecular formula is C60H38. The summed E-state index contributed by atoms with van der Waals surface area (Å²) in [4.78, 5) is 0. The molecule has 0 saturated carbocycles. The molecule has 0 atom stereocenters. The number of rotatable bonds is 5. The molecule has 12 aromatic rings. The van der Waals surface area contributed by atoms with Crippen molar-refractivity contribution in [2.45, 2.75) is 0 Å². The Morgan fingerprint density at radius 1 is 0.167 bits per heavy atom. The molecule has 0 saturated heterocycles. The zero-order chi connectivity index (χ0) is 39.6. The third-order valence-electron chi connectivity index (χ3n) is 12.6. The largest absolute Gasteiger partial charge is 0.0616 e. The average Bonchev–Trinajstić information content (AvgIpc) is 3.32. The summed E-state index contributed by atoms with van der Waals surface area (Å²) in [5.74, 6) is 0. The summed E-state index contributed by atoms with van der Waals surface area (Å²) >= 11 is 0. The monoisotopic (exact) mass is 758 g/mol. The van der Waals surface area contributed by atoms with Crippen LogP contribution in [-0.2, 0) is 0 Å². The van der Waals surface area contributed by atoms with Crippen LogP contribution in [0.5, 0.6) is 0 Å². The molecule has 0 spiro atoms. The van der Waals surface area contributed by atoms with Gasteiger partial charge in [-0.15, -0.1) is 0 Å². The minimum atomic E-state index is 1.20. The maximum absolute atomic E-state index is 2.46. The second kappa shape index (κ2) is 13.9. The summed E-state index contributed by atoms with van der Waals surface area (Å²) in [5, 5.41) is 14.9. The number of hydrogen-bond acceptors (Lipinski definition) is 0. The summed E-state index contributed by atoms with van der Waals surface area (Å²) < 4.78 is 0. The van der Waals surface area contributed by atoms with Crippen molar-refractivity contribution in [2.75, 3.05) is 0 Å². The van der Waals surface area contributed by atoms with E-state index in [9.17, 15) is 0 Å². The Bertz CT molecular complexity index is 3560. The van der Waals surface area contributed by atoms with Crippen LogP contribution in [0.3, 0.4) is 0 Å². The molecule has 0 unspecified atom stereocenters. The topological polar surface area (TPSA) is 0 Å². The molecular weight excluding hydrogens is 721 g/mol. The highest BCUT2D eigenvalue weighted by molar-refractivity contribution is 6.23. The van der Waals surface area contributed by atoms with Gasteiger partial charge in [-0.3, -0.25) is 0 Å². The van der Waals surface area contributed by atoms with E-state index in [-0.39, 0.29) is 0 Å². The van der Waals surface area contributed by atoms with Crippen molar-refractivity contribution in [2.24, 2.45) is 0 Å². The van der Waals surface area contributed by atoms with Crippen molar-refractivity contribution in [3.05, 3.63) is 231 Å². The van der Waals surface area contributed by atoms with Crippen LogP contribution in [0.1, 0.15) is 0 Å². The Kier molecular flexibility index (Phi) is 7.96. The Labute approximate surface area is 349 Å². The van der Waals surface area contributed by atoms with Crippen molar-refractivity contribution in [1.82, 2.24) is 0 Å². The lowest BCUT2D eigenvalue weighted by Gasteiger charge is -2.20. The summed E-state index contributed by atoms with van der Waals surface area (Å²) in [5.41, 5.74) is 12.2. The Hall–Kier alpha value is -7.80. The van der Waals surface area contributed by atoms with Crippen LogP contribution in [0.25, 0.3) is 120 Å². The first-order valence-corrected chi connectivity index (χ1v) is 20.8. The Morgan fingerprint density at radius 3 is 1.15 bits per heavy atom. The molecule has 0 aliphatic heterocycles. The zero-order valence-corrected chi connectivity index (χ0v) is 32.9. The molecule has 0 heterocycles. The lowest BCUT2D eigenvalue weighted by Crippen LogP contribution is -1.93. The van der Waals surface area contributed by atoms with Gasteiger partial charge >= 0.3 is 0 Å². The maximum atomic E-state index is 2.46. The van der Waals surface area contributed by atoms with Crippen LogP contribution >= 0.6 is 0 Å². The van der Waals surface area contributed by atoms with Gasteiger partial charge in [0, 0.05) is 0 Å². The summed E-state index contributed by atoms with van der Waals surface area (Å²) in [6, 6.07) is 85.6. The van der Waals surface area contributed by atoms with E-state index in [1.54, 1.807) is 0 Å². The van der Waals surface area contributed by atoms with Gasteiger partial charge in [0.15, 0.2) is 0 Å². The van der Waals surface area contributed by atoms with E-state index < -0.39 is 0 Å². The predicted octanol–water partition coefficient (Wildman–Crippen LogP) is 16.9. The second-order valence-electron chi connectivity index (χ2n) is 16.1. The molecule has 60 heavy (non-hydrogen) atoms. The minimum absolute atomic E-state index is 1.20. The molecule has 0 aromatic heterocycles. The lowest BCUT2D eigenvalue weighted by molar-refractivity contribution is 1.60. The molecule has 0 nitrogen and oxygen atoms in total. The van der Waals surface area contributed by atoms with Gasteiger partial charge in [-0.05, 0) is 163 Å². The molecule has 0 amide bonds. The molecule has 0 N–H and O–H groups in total. The molecule has 0 heteroatoms. The van der Waals surface area contributed by atoms with Crippen molar-refractivity contribution in [3.8, 4) is 55.6 Å². The average molecular weight is 759 g/mol. The standard InChI is InChI=1S/C60H38/c1-4-16-43-32-46(27-24-39(43)12-1)50-35-51(47-28-25-40-13-2-5-17-44(40)33-47)37-52(36-50)60-56-22-10-9-21-55(56)59(49-29-26-41-14-3-6-18-45(41)34-49)57-31-30-48(38-58(57)60)54-23-11-19-42-15-7-8-20-53(42)54/h1-38H. The highest BCUT2D eigenvalue weighted by atomic mass is 14.2. The number of benzene rings is 12. The molecule has 278 valence electrons. The van der Waals surface area contributed by atoms with Gasteiger partial charge in [-0.1, -0.05) is 188 Å². The first kappa shape index (κ1) is 34.3. The van der Waals surface area contributed by atoms with E-state index in [1.807, 2.05) is 0 Å². The molecule has 0 fully saturated rings. The lowest BCUT2D eigenvalue weighted by atomic mass is 9.83. The molecule has 0 radical (unpaired) electrons.